The molecular weight excluding hydrogens is 232 g/mol. The van der Waals surface area contributed by atoms with Crippen LogP contribution in [-0.2, 0) is 4.79 Å². The van der Waals surface area contributed by atoms with Gasteiger partial charge in [-0.05, 0) is 24.8 Å². The number of amidine groups is 1. The summed E-state index contributed by atoms with van der Waals surface area (Å²) in [6.07, 6.45) is 3.37. The molecule has 0 saturated heterocycles. The van der Waals surface area contributed by atoms with Crippen LogP contribution in [0, 0.1) is 0 Å². The summed E-state index contributed by atoms with van der Waals surface area (Å²) in [6.45, 7) is 0. The number of hydrogen-bond donors (Lipinski definition) is 0. The number of halogens is 1. The lowest BCUT2D eigenvalue weighted by Gasteiger charge is -2.08. The molecule has 1 aliphatic carbocycles. The van der Waals surface area contributed by atoms with Gasteiger partial charge in [-0.3, -0.25) is 4.79 Å². The SMILES string of the molecule is O=C1N=C(CCl)N=C2S[C@H]3CCCC3=C12. The predicted molar refractivity (Wildman–Crippen MR) is 62.9 cm³/mol. The first kappa shape index (κ1) is 9.60. The number of carbonyl (C=O) groups excluding carboxylic acids is 1. The van der Waals surface area contributed by atoms with Crippen LogP contribution in [0.4, 0.5) is 0 Å². The zero-order valence-corrected chi connectivity index (χ0v) is 9.57. The first-order chi connectivity index (χ1) is 7.29. The van der Waals surface area contributed by atoms with E-state index < -0.39 is 0 Å². The summed E-state index contributed by atoms with van der Waals surface area (Å²) in [5.41, 5.74) is 2.04. The Morgan fingerprint density at radius 1 is 1.47 bits per heavy atom. The Kier molecular flexibility index (Phi) is 2.21. The van der Waals surface area contributed by atoms with E-state index in [1.165, 1.54) is 12.0 Å². The third kappa shape index (κ3) is 1.39. The Labute approximate surface area is 96.7 Å². The maximum atomic E-state index is 11.8. The Hall–Kier alpha value is -0.610. The highest BCUT2D eigenvalue weighted by atomic mass is 35.5. The van der Waals surface area contributed by atoms with Crippen molar-refractivity contribution in [3.8, 4) is 0 Å². The molecule has 1 amide bonds. The van der Waals surface area contributed by atoms with Gasteiger partial charge < -0.3 is 0 Å². The van der Waals surface area contributed by atoms with Crippen molar-refractivity contribution in [3.05, 3.63) is 11.1 Å². The van der Waals surface area contributed by atoms with E-state index in [4.69, 9.17) is 11.6 Å². The number of hydrogen-bond acceptors (Lipinski definition) is 3. The molecule has 0 spiro atoms. The molecule has 2 heterocycles. The fourth-order valence-corrected chi connectivity index (χ4v) is 3.79. The lowest BCUT2D eigenvalue weighted by Crippen LogP contribution is -2.17. The molecule has 78 valence electrons. The molecule has 0 N–H and O–H groups in total. The van der Waals surface area contributed by atoms with Crippen LogP contribution in [0.25, 0.3) is 0 Å². The highest BCUT2D eigenvalue weighted by molar-refractivity contribution is 8.15. The number of amides is 1. The van der Waals surface area contributed by atoms with Crippen LogP contribution in [-0.4, -0.2) is 27.9 Å². The van der Waals surface area contributed by atoms with Gasteiger partial charge in [0.15, 0.2) is 0 Å². The van der Waals surface area contributed by atoms with Crippen LogP contribution in [0.15, 0.2) is 21.1 Å². The zero-order chi connectivity index (χ0) is 10.4. The predicted octanol–water partition coefficient (Wildman–Crippen LogP) is 2.16. The summed E-state index contributed by atoms with van der Waals surface area (Å²) in [6, 6.07) is 0. The molecule has 0 bridgehead atoms. The minimum atomic E-state index is -0.137. The monoisotopic (exact) mass is 240 g/mol. The average Bonchev–Trinajstić information content (AvgIpc) is 2.75. The highest BCUT2D eigenvalue weighted by Gasteiger charge is 2.39. The van der Waals surface area contributed by atoms with E-state index in [1.807, 2.05) is 0 Å². The number of fused-ring (bicyclic) bond motifs is 2. The Morgan fingerprint density at radius 3 is 3.13 bits per heavy atom. The summed E-state index contributed by atoms with van der Waals surface area (Å²) < 4.78 is 0. The summed E-state index contributed by atoms with van der Waals surface area (Å²) in [7, 11) is 0. The van der Waals surface area contributed by atoms with Gasteiger partial charge in [0.1, 0.15) is 10.9 Å². The molecule has 2 aliphatic heterocycles. The minimum absolute atomic E-state index is 0.137. The summed E-state index contributed by atoms with van der Waals surface area (Å²) >= 11 is 7.34. The largest absolute Gasteiger partial charge is 0.281 e. The van der Waals surface area contributed by atoms with Crippen LogP contribution >= 0.6 is 23.4 Å². The molecule has 0 aromatic heterocycles. The normalized spacial score (nSPS) is 28.9. The number of nitrogens with zero attached hydrogens (tertiary/aromatic N) is 2. The van der Waals surface area contributed by atoms with E-state index in [9.17, 15) is 4.79 Å². The first-order valence-electron chi connectivity index (χ1n) is 4.96. The Balaban J connectivity index is 2.08. The molecule has 1 fully saturated rings. The second-order valence-corrected chi connectivity index (χ2v) is 5.24. The van der Waals surface area contributed by atoms with Crippen molar-refractivity contribution in [2.45, 2.75) is 24.5 Å². The van der Waals surface area contributed by atoms with Crippen LogP contribution in [0.2, 0.25) is 0 Å². The van der Waals surface area contributed by atoms with Gasteiger partial charge in [-0.15, -0.1) is 11.6 Å². The van der Waals surface area contributed by atoms with Crippen molar-refractivity contribution in [2.75, 3.05) is 5.88 Å². The van der Waals surface area contributed by atoms with Gasteiger partial charge in [-0.1, -0.05) is 11.8 Å². The Bertz CT molecular complexity index is 439. The van der Waals surface area contributed by atoms with Gasteiger partial charge in [-0.2, -0.15) is 4.99 Å². The average molecular weight is 241 g/mol. The molecule has 0 aromatic rings. The van der Waals surface area contributed by atoms with Gasteiger partial charge in [0.05, 0.1) is 11.5 Å². The van der Waals surface area contributed by atoms with Gasteiger partial charge in [-0.25, -0.2) is 4.99 Å². The summed E-state index contributed by atoms with van der Waals surface area (Å²) in [4.78, 5) is 20.0. The van der Waals surface area contributed by atoms with Gasteiger partial charge >= 0.3 is 0 Å². The number of aliphatic imine (C=N–C) groups is 2. The molecule has 3 aliphatic rings. The molecule has 3 rings (SSSR count). The molecule has 0 unspecified atom stereocenters. The van der Waals surface area contributed by atoms with Crippen molar-refractivity contribution in [3.63, 3.8) is 0 Å². The minimum Gasteiger partial charge on any atom is -0.267 e. The summed E-state index contributed by atoms with van der Waals surface area (Å²) in [5.74, 6) is 0.527. The highest BCUT2D eigenvalue weighted by Crippen LogP contribution is 2.45. The number of rotatable bonds is 1. The van der Waals surface area contributed by atoms with E-state index in [1.54, 1.807) is 11.8 Å². The number of carbonyl (C=O) groups is 1. The van der Waals surface area contributed by atoms with Gasteiger partial charge in [0.25, 0.3) is 5.91 Å². The third-order valence-corrected chi connectivity index (χ3v) is 4.45. The van der Waals surface area contributed by atoms with E-state index in [-0.39, 0.29) is 11.8 Å². The lowest BCUT2D eigenvalue weighted by atomic mass is 10.1. The van der Waals surface area contributed by atoms with Crippen LogP contribution in [0.3, 0.4) is 0 Å². The molecule has 15 heavy (non-hydrogen) atoms. The van der Waals surface area contributed by atoms with E-state index in [2.05, 4.69) is 9.98 Å². The molecule has 0 aromatic carbocycles. The molecule has 1 saturated carbocycles. The fraction of sp³-hybridized carbons (Fsp3) is 0.500. The van der Waals surface area contributed by atoms with Gasteiger partial charge in [0, 0.05) is 5.25 Å². The van der Waals surface area contributed by atoms with Crippen molar-refractivity contribution in [1.29, 1.82) is 0 Å². The van der Waals surface area contributed by atoms with Crippen LogP contribution in [0.5, 0.6) is 0 Å². The van der Waals surface area contributed by atoms with Crippen molar-refractivity contribution < 1.29 is 4.79 Å². The van der Waals surface area contributed by atoms with E-state index in [0.717, 1.165) is 23.5 Å². The first-order valence-corrected chi connectivity index (χ1v) is 6.37. The van der Waals surface area contributed by atoms with Crippen molar-refractivity contribution in [2.24, 2.45) is 9.98 Å². The van der Waals surface area contributed by atoms with E-state index >= 15 is 0 Å². The fourth-order valence-electron chi connectivity index (χ4n) is 2.25. The molecule has 0 radical (unpaired) electrons. The quantitative estimate of drug-likeness (QED) is 0.659. The third-order valence-electron chi connectivity index (χ3n) is 2.88. The maximum Gasteiger partial charge on any atom is 0.281 e. The second kappa shape index (κ2) is 3.46. The molecular formula is C10H9ClN2OS. The summed E-state index contributed by atoms with van der Waals surface area (Å²) in [5, 5.41) is 1.33. The molecule has 5 heteroatoms. The second-order valence-electron chi connectivity index (χ2n) is 3.78. The van der Waals surface area contributed by atoms with Crippen LogP contribution < -0.4 is 0 Å². The Morgan fingerprint density at radius 2 is 2.33 bits per heavy atom. The molecule has 1 atom stereocenters. The van der Waals surface area contributed by atoms with E-state index in [0.29, 0.717) is 11.1 Å². The topological polar surface area (TPSA) is 41.8 Å². The maximum absolute atomic E-state index is 11.8. The molecule has 3 nitrogen and oxygen atoms in total. The number of alkyl halides is 1. The van der Waals surface area contributed by atoms with Crippen molar-refractivity contribution >= 4 is 40.1 Å². The number of thioether (sulfide) groups is 1. The smallest absolute Gasteiger partial charge is 0.267 e. The van der Waals surface area contributed by atoms with Crippen LogP contribution in [0.1, 0.15) is 19.3 Å². The standard InChI is InChI=1S/C10H9ClN2OS/c11-4-7-12-9(14)8-5-2-1-3-6(5)15-10(8)13-7/h6H,1-4H2/t6-/m0/s1. The zero-order valence-electron chi connectivity index (χ0n) is 7.99. The lowest BCUT2D eigenvalue weighted by molar-refractivity contribution is -0.113. The van der Waals surface area contributed by atoms with Crippen molar-refractivity contribution in [1.82, 2.24) is 0 Å². The van der Waals surface area contributed by atoms with Gasteiger partial charge in [0.2, 0.25) is 0 Å².